The predicted molar refractivity (Wildman–Crippen MR) is 55.9 cm³/mol. The molecule has 6 heteroatoms. The third kappa shape index (κ3) is 1.94. The molecule has 15 heavy (non-hydrogen) atoms. The first-order valence-corrected chi connectivity index (χ1v) is 5.40. The van der Waals surface area contributed by atoms with Gasteiger partial charge in [-0.3, -0.25) is 9.48 Å². The average Bonchev–Trinajstić information content (AvgIpc) is 2.87. The molecule has 0 aromatic carbocycles. The second-order valence-electron chi connectivity index (χ2n) is 3.06. The Morgan fingerprint density at radius 3 is 3.13 bits per heavy atom. The summed E-state index contributed by atoms with van der Waals surface area (Å²) in [5.41, 5.74) is 0.961. The van der Waals surface area contributed by atoms with Gasteiger partial charge < -0.3 is 0 Å². The molecule has 0 amide bonds. The van der Waals surface area contributed by atoms with Gasteiger partial charge in [0.2, 0.25) is 5.78 Å². The summed E-state index contributed by atoms with van der Waals surface area (Å²) in [6.07, 6.45) is 4.05. The van der Waals surface area contributed by atoms with Gasteiger partial charge in [-0.2, -0.15) is 13.8 Å². The van der Waals surface area contributed by atoms with Crippen molar-refractivity contribution in [3.8, 4) is 0 Å². The van der Waals surface area contributed by atoms with Crippen molar-refractivity contribution < 1.29 is 4.79 Å². The zero-order chi connectivity index (χ0) is 10.7. The molecule has 0 saturated carbocycles. The molecule has 0 aliphatic carbocycles. The topological polar surface area (TPSA) is 60.7 Å². The van der Waals surface area contributed by atoms with Crippen LogP contribution in [-0.4, -0.2) is 24.3 Å². The van der Waals surface area contributed by atoms with Gasteiger partial charge in [-0.05, 0) is 12.5 Å². The number of hydrogen-bond acceptors (Lipinski definition) is 5. The number of hydrogen-bond donors (Lipinski definition) is 0. The zero-order valence-electron chi connectivity index (χ0n) is 8.25. The van der Waals surface area contributed by atoms with Crippen molar-refractivity contribution in [1.82, 2.24) is 18.5 Å². The van der Waals surface area contributed by atoms with E-state index in [4.69, 9.17) is 0 Å². The van der Waals surface area contributed by atoms with Gasteiger partial charge in [-0.15, -0.1) is 0 Å². The molecule has 0 N–H and O–H groups in total. The Morgan fingerprint density at radius 1 is 1.60 bits per heavy atom. The third-order valence-electron chi connectivity index (χ3n) is 1.98. The highest BCUT2D eigenvalue weighted by molar-refractivity contribution is 6.99. The maximum atomic E-state index is 11.9. The van der Waals surface area contributed by atoms with Crippen molar-refractivity contribution >= 4 is 17.5 Å². The van der Waals surface area contributed by atoms with Crippen LogP contribution < -0.4 is 0 Å². The Hall–Kier alpha value is -1.56. The molecule has 0 saturated heterocycles. The molecular weight excluding hydrogens is 212 g/mol. The lowest BCUT2D eigenvalue weighted by molar-refractivity contribution is 0.102. The maximum Gasteiger partial charge on any atom is 0.232 e. The lowest BCUT2D eigenvalue weighted by Crippen LogP contribution is -2.11. The summed E-state index contributed by atoms with van der Waals surface area (Å²) in [5, 5.41) is 4.09. The van der Waals surface area contributed by atoms with E-state index >= 15 is 0 Å². The standard InChI is InChI=1S/C9H10N4OS/c1-2-5-13-8(3-4-10-13)9(14)7-6-11-15-12-7/h3-4,6H,2,5H2,1H3. The second-order valence-corrected chi connectivity index (χ2v) is 3.62. The molecule has 2 rings (SSSR count). The van der Waals surface area contributed by atoms with Crippen molar-refractivity contribution in [3.63, 3.8) is 0 Å². The number of rotatable bonds is 4. The van der Waals surface area contributed by atoms with Crippen LogP contribution in [0.3, 0.4) is 0 Å². The van der Waals surface area contributed by atoms with Crippen molar-refractivity contribution in [1.29, 1.82) is 0 Å². The third-order valence-corrected chi connectivity index (χ3v) is 2.46. The summed E-state index contributed by atoms with van der Waals surface area (Å²) in [4.78, 5) is 11.9. The molecule has 5 nitrogen and oxygen atoms in total. The van der Waals surface area contributed by atoms with Crippen LogP contribution in [0.15, 0.2) is 18.5 Å². The Labute approximate surface area is 91.1 Å². The second kappa shape index (κ2) is 4.31. The Bertz CT molecular complexity index is 448. The van der Waals surface area contributed by atoms with Crippen LogP contribution in [0.25, 0.3) is 0 Å². The van der Waals surface area contributed by atoms with Crippen LogP contribution in [-0.2, 0) is 6.54 Å². The molecular formula is C9H10N4OS. The Balaban J connectivity index is 2.29. The quantitative estimate of drug-likeness (QED) is 0.733. The van der Waals surface area contributed by atoms with Gasteiger partial charge in [0.05, 0.1) is 17.9 Å². The van der Waals surface area contributed by atoms with E-state index in [9.17, 15) is 4.79 Å². The molecule has 78 valence electrons. The van der Waals surface area contributed by atoms with Gasteiger partial charge in [0.25, 0.3) is 0 Å². The summed E-state index contributed by atoms with van der Waals surface area (Å²) in [7, 11) is 0. The van der Waals surface area contributed by atoms with Crippen LogP contribution in [0, 0.1) is 0 Å². The number of carbonyl (C=O) groups excluding carboxylic acids is 1. The highest BCUT2D eigenvalue weighted by atomic mass is 32.1. The van der Waals surface area contributed by atoms with E-state index in [1.165, 1.54) is 6.20 Å². The van der Waals surface area contributed by atoms with Crippen LogP contribution >= 0.6 is 11.7 Å². The van der Waals surface area contributed by atoms with Gasteiger partial charge in [0.15, 0.2) is 0 Å². The van der Waals surface area contributed by atoms with Crippen LogP contribution in [0.4, 0.5) is 0 Å². The largest absolute Gasteiger partial charge is 0.285 e. The monoisotopic (exact) mass is 222 g/mol. The van der Waals surface area contributed by atoms with E-state index in [2.05, 4.69) is 13.8 Å². The number of carbonyl (C=O) groups is 1. The van der Waals surface area contributed by atoms with Gasteiger partial charge in [0, 0.05) is 12.7 Å². The van der Waals surface area contributed by atoms with E-state index in [-0.39, 0.29) is 5.78 Å². The highest BCUT2D eigenvalue weighted by Crippen LogP contribution is 2.08. The smallest absolute Gasteiger partial charge is 0.232 e. The number of aryl methyl sites for hydroxylation is 1. The highest BCUT2D eigenvalue weighted by Gasteiger charge is 2.16. The minimum absolute atomic E-state index is 0.116. The summed E-state index contributed by atoms with van der Waals surface area (Å²) >= 11 is 1.03. The molecule has 0 unspecified atom stereocenters. The molecule has 0 radical (unpaired) electrons. The van der Waals surface area contributed by atoms with E-state index in [0.717, 1.165) is 24.7 Å². The van der Waals surface area contributed by atoms with Crippen molar-refractivity contribution in [3.05, 3.63) is 29.8 Å². The minimum Gasteiger partial charge on any atom is -0.285 e. The number of ketones is 1. The van der Waals surface area contributed by atoms with Crippen molar-refractivity contribution in [2.45, 2.75) is 19.9 Å². The summed E-state index contributed by atoms with van der Waals surface area (Å²) in [6, 6.07) is 1.71. The molecule has 0 aliphatic rings. The summed E-state index contributed by atoms with van der Waals surface area (Å²) < 4.78 is 9.42. The molecule has 0 bridgehead atoms. The first-order chi connectivity index (χ1) is 7.33. The maximum absolute atomic E-state index is 11.9. The van der Waals surface area contributed by atoms with Crippen LogP contribution in [0.2, 0.25) is 0 Å². The first-order valence-electron chi connectivity index (χ1n) is 4.67. The fourth-order valence-corrected chi connectivity index (χ4v) is 1.72. The van der Waals surface area contributed by atoms with E-state index in [1.807, 2.05) is 6.92 Å². The van der Waals surface area contributed by atoms with Gasteiger partial charge in [-0.1, -0.05) is 6.92 Å². The van der Waals surface area contributed by atoms with Gasteiger partial charge in [0.1, 0.15) is 11.4 Å². The summed E-state index contributed by atoms with van der Waals surface area (Å²) in [5.74, 6) is -0.116. The minimum atomic E-state index is -0.116. The summed E-state index contributed by atoms with van der Waals surface area (Å²) in [6.45, 7) is 2.78. The number of aromatic nitrogens is 4. The SMILES string of the molecule is CCCn1nccc1C(=O)c1cnsn1. The van der Waals surface area contributed by atoms with Gasteiger partial charge in [-0.25, -0.2) is 0 Å². The predicted octanol–water partition coefficient (Wildman–Crippen LogP) is 1.38. The molecule has 2 aromatic heterocycles. The zero-order valence-corrected chi connectivity index (χ0v) is 9.07. The fraction of sp³-hybridized carbons (Fsp3) is 0.333. The first kappa shape index (κ1) is 9.97. The van der Waals surface area contributed by atoms with Crippen molar-refractivity contribution in [2.24, 2.45) is 0 Å². The van der Waals surface area contributed by atoms with E-state index in [0.29, 0.717) is 11.4 Å². The average molecular weight is 222 g/mol. The Kier molecular flexibility index (Phi) is 2.86. The fourth-order valence-electron chi connectivity index (χ4n) is 1.31. The van der Waals surface area contributed by atoms with Gasteiger partial charge >= 0.3 is 0 Å². The molecule has 2 aromatic rings. The molecule has 2 heterocycles. The normalized spacial score (nSPS) is 10.5. The molecule has 0 atom stereocenters. The Morgan fingerprint density at radius 2 is 2.47 bits per heavy atom. The lowest BCUT2D eigenvalue weighted by Gasteiger charge is -2.02. The van der Waals surface area contributed by atoms with Crippen molar-refractivity contribution in [2.75, 3.05) is 0 Å². The molecule has 0 aliphatic heterocycles. The molecule has 0 fully saturated rings. The van der Waals surface area contributed by atoms with E-state index in [1.54, 1.807) is 16.9 Å². The van der Waals surface area contributed by atoms with Crippen LogP contribution in [0.1, 0.15) is 29.5 Å². The lowest BCUT2D eigenvalue weighted by atomic mass is 10.2. The van der Waals surface area contributed by atoms with E-state index < -0.39 is 0 Å². The number of nitrogens with zero attached hydrogens (tertiary/aromatic N) is 4. The molecule has 0 spiro atoms. The van der Waals surface area contributed by atoms with Crippen LogP contribution in [0.5, 0.6) is 0 Å².